The zero-order valence-corrected chi connectivity index (χ0v) is 22.2. The van der Waals surface area contributed by atoms with Crippen LogP contribution >= 0.6 is 12.4 Å². The van der Waals surface area contributed by atoms with Gasteiger partial charge in [-0.1, -0.05) is 109 Å². The van der Waals surface area contributed by atoms with Crippen LogP contribution in [-0.2, 0) is 10.3 Å². The molecule has 32 heavy (non-hydrogen) atoms. The van der Waals surface area contributed by atoms with Gasteiger partial charge in [0.2, 0.25) is 0 Å². The van der Waals surface area contributed by atoms with Gasteiger partial charge in [-0.2, -0.15) is 0 Å². The molecule has 184 valence electrons. The number of aryl methyl sites for hydroxylation is 1. The summed E-state index contributed by atoms with van der Waals surface area (Å²) in [6, 6.07) is 3.98. The highest BCUT2D eigenvalue weighted by Crippen LogP contribution is 2.42. The minimum Gasteiger partial charge on any atom is -0.451 e. The monoisotopic (exact) mass is 464 g/mol. The summed E-state index contributed by atoms with van der Waals surface area (Å²) in [7, 11) is 0. The summed E-state index contributed by atoms with van der Waals surface area (Å²) >= 11 is 0. The van der Waals surface area contributed by atoms with Crippen LogP contribution in [0.2, 0.25) is 0 Å². The molecule has 1 atom stereocenters. The molecule has 0 amide bonds. The first kappa shape index (κ1) is 29.0. The number of halogens is 1. The van der Waals surface area contributed by atoms with Gasteiger partial charge in [-0.15, -0.1) is 12.4 Å². The van der Waals surface area contributed by atoms with Crippen LogP contribution in [0.25, 0.3) is 0 Å². The topological polar surface area (TPSA) is 26.3 Å². The summed E-state index contributed by atoms with van der Waals surface area (Å²) in [5.74, 6) is -0.142. The van der Waals surface area contributed by atoms with Crippen molar-refractivity contribution in [3.8, 4) is 0 Å². The van der Waals surface area contributed by atoms with E-state index < -0.39 is 5.60 Å². The number of carbonyl (C=O) groups is 1. The van der Waals surface area contributed by atoms with E-state index in [9.17, 15) is 4.79 Å². The summed E-state index contributed by atoms with van der Waals surface area (Å²) < 4.78 is 5.84. The lowest BCUT2D eigenvalue weighted by Crippen LogP contribution is -2.23. The number of fused-ring (bicyclic) bond motifs is 1. The molecule has 1 heterocycles. The molecule has 0 radical (unpaired) electrons. The van der Waals surface area contributed by atoms with Crippen LogP contribution in [0.4, 0.5) is 0 Å². The molecule has 1 aromatic rings. The fraction of sp³-hybridized carbons (Fsp3) is 0.759. The third-order valence-corrected chi connectivity index (χ3v) is 7.31. The molecule has 0 saturated heterocycles. The smallest absolute Gasteiger partial charge is 0.339 e. The molecule has 0 saturated carbocycles. The number of benzene rings is 1. The first-order chi connectivity index (χ1) is 15.0. The van der Waals surface area contributed by atoms with E-state index in [-0.39, 0.29) is 18.4 Å². The van der Waals surface area contributed by atoms with E-state index in [0.717, 1.165) is 24.0 Å². The molecular weight excluding hydrogens is 416 g/mol. The standard InChI is InChI=1S/C29H48O2.ClH/c1-5-6-7-8-9-10-11-12-13-14-15-16-17-18-19-20-23-29(4)27-25(3)24(2)21-22-26(27)28(30)31-29;/h21-22H,5-20,23H2,1-4H3;1H. The maximum Gasteiger partial charge on any atom is 0.339 e. The molecule has 3 heteroatoms. The largest absolute Gasteiger partial charge is 0.451 e. The summed E-state index contributed by atoms with van der Waals surface area (Å²) in [6.45, 7) is 8.64. The number of hydrogen-bond acceptors (Lipinski definition) is 2. The first-order valence-electron chi connectivity index (χ1n) is 13.3. The van der Waals surface area contributed by atoms with Gasteiger partial charge in [-0.3, -0.25) is 0 Å². The van der Waals surface area contributed by atoms with Gasteiger partial charge in [0.1, 0.15) is 5.60 Å². The fourth-order valence-electron chi connectivity index (χ4n) is 5.16. The van der Waals surface area contributed by atoms with Gasteiger partial charge < -0.3 is 4.74 Å². The zero-order chi connectivity index (χ0) is 22.5. The number of cyclic esters (lactones) is 1. The number of unbranched alkanes of at least 4 members (excludes halogenated alkanes) is 15. The Morgan fingerprint density at radius 2 is 1.16 bits per heavy atom. The Balaban J connectivity index is 0.00000512. The Kier molecular flexibility index (Phi) is 14.3. The van der Waals surface area contributed by atoms with Crippen molar-refractivity contribution >= 4 is 18.4 Å². The van der Waals surface area contributed by atoms with E-state index >= 15 is 0 Å². The van der Waals surface area contributed by atoms with E-state index in [4.69, 9.17) is 4.74 Å². The predicted molar refractivity (Wildman–Crippen MR) is 140 cm³/mol. The maximum absolute atomic E-state index is 12.3. The quantitative estimate of drug-likeness (QED) is 0.169. The van der Waals surface area contributed by atoms with Crippen molar-refractivity contribution in [2.24, 2.45) is 0 Å². The highest BCUT2D eigenvalue weighted by atomic mass is 35.5. The van der Waals surface area contributed by atoms with Gasteiger partial charge in [0.05, 0.1) is 5.56 Å². The van der Waals surface area contributed by atoms with Gasteiger partial charge in [0, 0.05) is 5.56 Å². The van der Waals surface area contributed by atoms with Crippen molar-refractivity contribution in [1.82, 2.24) is 0 Å². The van der Waals surface area contributed by atoms with Crippen LogP contribution in [0, 0.1) is 13.8 Å². The predicted octanol–water partition coefficient (Wildman–Crippen LogP) is 9.76. The third-order valence-electron chi connectivity index (χ3n) is 7.31. The average Bonchev–Trinajstić information content (AvgIpc) is 3.00. The molecule has 0 fully saturated rings. The molecular formula is C29H49ClO2. The molecule has 2 rings (SSSR count). The molecule has 0 spiro atoms. The molecule has 1 aliphatic rings. The average molecular weight is 465 g/mol. The van der Waals surface area contributed by atoms with Crippen LogP contribution in [0.15, 0.2) is 12.1 Å². The Morgan fingerprint density at radius 1 is 0.719 bits per heavy atom. The lowest BCUT2D eigenvalue weighted by molar-refractivity contribution is -0.00440. The third kappa shape index (κ3) is 9.08. The van der Waals surface area contributed by atoms with Crippen LogP contribution < -0.4 is 0 Å². The Hall–Kier alpha value is -1.02. The van der Waals surface area contributed by atoms with E-state index in [1.54, 1.807) is 0 Å². The second-order valence-corrected chi connectivity index (χ2v) is 10.1. The number of ether oxygens (including phenoxy) is 1. The summed E-state index contributed by atoms with van der Waals surface area (Å²) in [5, 5.41) is 0. The summed E-state index contributed by atoms with van der Waals surface area (Å²) in [4.78, 5) is 12.3. The SMILES string of the molecule is CCCCCCCCCCCCCCCCCCC1(C)OC(=O)c2ccc(C)c(C)c21.Cl. The van der Waals surface area contributed by atoms with Crippen molar-refractivity contribution in [2.75, 3.05) is 0 Å². The number of hydrogen-bond donors (Lipinski definition) is 0. The minimum atomic E-state index is -0.432. The Morgan fingerprint density at radius 3 is 1.62 bits per heavy atom. The van der Waals surface area contributed by atoms with E-state index in [0.29, 0.717) is 0 Å². The molecule has 1 unspecified atom stereocenters. The van der Waals surface area contributed by atoms with E-state index in [1.165, 1.54) is 107 Å². The molecule has 0 bridgehead atoms. The maximum atomic E-state index is 12.3. The van der Waals surface area contributed by atoms with Crippen LogP contribution in [-0.4, -0.2) is 5.97 Å². The van der Waals surface area contributed by atoms with E-state index in [1.807, 2.05) is 12.1 Å². The van der Waals surface area contributed by atoms with Crippen molar-refractivity contribution in [1.29, 1.82) is 0 Å². The molecule has 1 aliphatic heterocycles. The minimum absolute atomic E-state index is 0. The highest BCUT2D eigenvalue weighted by molar-refractivity contribution is 5.95. The normalized spacial score (nSPS) is 17.2. The molecule has 2 nitrogen and oxygen atoms in total. The lowest BCUT2D eigenvalue weighted by atomic mass is 9.84. The van der Waals surface area contributed by atoms with Gasteiger partial charge in [-0.25, -0.2) is 4.79 Å². The highest BCUT2D eigenvalue weighted by Gasteiger charge is 2.42. The number of rotatable bonds is 17. The van der Waals surface area contributed by atoms with Crippen LogP contribution in [0.5, 0.6) is 0 Å². The zero-order valence-electron chi connectivity index (χ0n) is 21.4. The molecule has 0 aromatic heterocycles. The van der Waals surface area contributed by atoms with Crippen LogP contribution in [0.1, 0.15) is 150 Å². The number of carbonyl (C=O) groups excluding carboxylic acids is 1. The van der Waals surface area contributed by atoms with E-state index in [2.05, 4.69) is 27.7 Å². The summed E-state index contributed by atoms with van der Waals surface area (Å²) in [6.07, 6.45) is 23.0. The molecule has 0 aliphatic carbocycles. The molecule has 1 aromatic carbocycles. The van der Waals surface area contributed by atoms with Crippen molar-refractivity contribution in [2.45, 2.75) is 142 Å². The van der Waals surface area contributed by atoms with Crippen molar-refractivity contribution in [3.63, 3.8) is 0 Å². The second-order valence-electron chi connectivity index (χ2n) is 10.1. The van der Waals surface area contributed by atoms with Gasteiger partial charge in [0.25, 0.3) is 0 Å². The first-order valence-corrected chi connectivity index (χ1v) is 13.3. The molecule has 0 N–H and O–H groups in total. The number of esters is 1. The van der Waals surface area contributed by atoms with Gasteiger partial charge in [0.15, 0.2) is 0 Å². The van der Waals surface area contributed by atoms with Crippen LogP contribution in [0.3, 0.4) is 0 Å². The van der Waals surface area contributed by atoms with Crippen molar-refractivity contribution < 1.29 is 9.53 Å². The Labute approximate surface area is 204 Å². The Bertz CT molecular complexity index is 669. The summed E-state index contributed by atoms with van der Waals surface area (Å²) in [5.41, 5.74) is 3.96. The second kappa shape index (κ2) is 15.8. The van der Waals surface area contributed by atoms with Crippen molar-refractivity contribution in [3.05, 3.63) is 34.4 Å². The van der Waals surface area contributed by atoms with Gasteiger partial charge >= 0.3 is 5.97 Å². The lowest BCUT2D eigenvalue weighted by Gasteiger charge is -2.26. The van der Waals surface area contributed by atoms with Gasteiger partial charge in [-0.05, 0) is 50.8 Å². The fourth-order valence-corrected chi connectivity index (χ4v) is 5.16.